The van der Waals surface area contributed by atoms with Crippen molar-refractivity contribution in [3.05, 3.63) is 16.1 Å². The summed E-state index contributed by atoms with van der Waals surface area (Å²) in [6.45, 7) is 6.51. The van der Waals surface area contributed by atoms with Crippen LogP contribution in [0, 0.1) is 12.3 Å². The largest absolute Gasteiger partial charge is 0.383 e. The van der Waals surface area contributed by atoms with Crippen LogP contribution in [0.25, 0.3) is 0 Å². The van der Waals surface area contributed by atoms with Gasteiger partial charge in [0.05, 0.1) is 11.6 Å². The summed E-state index contributed by atoms with van der Waals surface area (Å²) in [6.07, 6.45) is 3.30. The Morgan fingerprint density at radius 1 is 1.47 bits per heavy atom. The number of hydrogen-bond acceptors (Lipinski definition) is 5. The minimum Gasteiger partial charge on any atom is -0.383 e. The second-order valence-corrected chi connectivity index (χ2v) is 6.28. The molecule has 0 aliphatic carbocycles. The minimum atomic E-state index is 0.302. The van der Waals surface area contributed by atoms with Gasteiger partial charge < -0.3 is 14.8 Å². The quantitative estimate of drug-likeness (QED) is 0.778. The van der Waals surface area contributed by atoms with E-state index in [-0.39, 0.29) is 0 Å². The fourth-order valence-electron chi connectivity index (χ4n) is 2.55. The Hall–Kier alpha value is -0.490. The fourth-order valence-corrected chi connectivity index (χ4v) is 3.50. The van der Waals surface area contributed by atoms with Crippen molar-refractivity contribution in [2.45, 2.75) is 26.2 Å². The topological polar surface area (TPSA) is 43.4 Å². The normalized spacial score (nSPS) is 18.6. The molecule has 1 N–H and O–H groups in total. The third-order valence-corrected chi connectivity index (χ3v) is 4.70. The van der Waals surface area contributed by atoms with Crippen LogP contribution in [0.4, 0.5) is 0 Å². The third-order valence-electron chi connectivity index (χ3n) is 3.73. The second kappa shape index (κ2) is 7.33. The van der Waals surface area contributed by atoms with Crippen molar-refractivity contribution in [2.24, 2.45) is 5.41 Å². The van der Waals surface area contributed by atoms with E-state index >= 15 is 0 Å². The number of nitrogens with zero attached hydrogens (tertiary/aromatic N) is 1. The lowest BCUT2D eigenvalue weighted by Gasteiger charge is -2.37. The van der Waals surface area contributed by atoms with E-state index in [0.717, 1.165) is 57.9 Å². The van der Waals surface area contributed by atoms with Crippen LogP contribution in [0.3, 0.4) is 0 Å². The van der Waals surface area contributed by atoms with E-state index in [1.165, 1.54) is 5.01 Å². The third kappa shape index (κ3) is 4.53. The number of methoxy groups -OCH3 is 1. The van der Waals surface area contributed by atoms with Crippen LogP contribution in [0.2, 0.25) is 0 Å². The number of aromatic nitrogens is 1. The van der Waals surface area contributed by atoms with Crippen molar-refractivity contribution in [2.75, 3.05) is 40.0 Å². The first kappa shape index (κ1) is 14.9. The van der Waals surface area contributed by atoms with Gasteiger partial charge in [0.1, 0.15) is 0 Å². The lowest BCUT2D eigenvalue weighted by atomic mass is 9.77. The molecule has 0 amide bonds. The Bertz CT molecular complexity index is 375. The summed E-state index contributed by atoms with van der Waals surface area (Å²) in [7, 11) is 1.74. The Morgan fingerprint density at radius 2 is 2.26 bits per heavy atom. The van der Waals surface area contributed by atoms with Crippen LogP contribution < -0.4 is 5.32 Å². The van der Waals surface area contributed by atoms with Crippen molar-refractivity contribution in [1.29, 1.82) is 0 Å². The summed E-state index contributed by atoms with van der Waals surface area (Å²) in [5, 5.41) is 6.92. The molecular weight excluding hydrogens is 260 g/mol. The number of ether oxygens (including phenoxy) is 2. The Labute approximate surface area is 119 Å². The van der Waals surface area contributed by atoms with E-state index in [0.29, 0.717) is 5.41 Å². The highest BCUT2D eigenvalue weighted by molar-refractivity contribution is 7.09. The molecule has 0 radical (unpaired) electrons. The second-order valence-electron chi connectivity index (χ2n) is 5.34. The van der Waals surface area contributed by atoms with Gasteiger partial charge >= 0.3 is 0 Å². The van der Waals surface area contributed by atoms with Gasteiger partial charge in [0.2, 0.25) is 0 Å². The molecule has 0 bridgehead atoms. The molecule has 0 atom stereocenters. The maximum absolute atomic E-state index is 5.53. The summed E-state index contributed by atoms with van der Waals surface area (Å²) in [4.78, 5) is 4.62. The first-order chi connectivity index (χ1) is 9.24. The number of aryl methyl sites for hydroxylation is 1. The lowest BCUT2D eigenvalue weighted by Crippen LogP contribution is -2.41. The average molecular weight is 284 g/mol. The van der Waals surface area contributed by atoms with Gasteiger partial charge in [0.15, 0.2) is 0 Å². The molecule has 0 saturated carbocycles. The Morgan fingerprint density at radius 3 is 2.89 bits per heavy atom. The van der Waals surface area contributed by atoms with E-state index in [2.05, 4.69) is 22.6 Å². The molecule has 4 nitrogen and oxygen atoms in total. The standard InChI is InChI=1S/C14H24N2O2S/c1-12-10-19-13(16-12)9-14(3-6-18-7-4-14)11-15-5-8-17-2/h10,15H,3-9,11H2,1-2H3. The molecule has 108 valence electrons. The smallest absolute Gasteiger partial charge is 0.0934 e. The predicted molar refractivity (Wildman–Crippen MR) is 77.8 cm³/mol. The van der Waals surface area contributed by atoms with Crippen molar-refractivity contribution < 1.29 is 9.47 Å². The van der Waals surface area contributed by atoms with E-state index in [1.54, 1.807) is 18.4 Å². The lowest BCUT2D eigenvalue weighted by molar-refractivity contribution is 0.0143. The van der Waals surface area contributed by atoms with Gasteiger partial charge in [-0.25, -0.2) is 4.98 Å². The minimum absolute atomic E-state index is 0.302. The Kier molecular flexibility index (Phi) is 5.76. The first-order valence-corrected chi connectivity index (χ1v) is 7.80. The van der Waals surface area contributed by atoms with E-state index in [1.807, 2.05) is 0 Å². The summed E-state index contributed by atoms with van der Waals surface area (Å²) >= 11 is 1.78. The van der Waals surface area contributed by atoms with Crippen LogP contribution in [0.15, 0.2) is 5.38 Å². The SMILES string of the molecule is COCCNCC1(Cc2nc(C)cs2)CCOCC1. The van der Waals surface area contributed by atoms with Crippen LogP contribution in [-0.4, -0.2) is 45.0 Å². The molecule has 1 fully saturated rings. The van der Waals surface area contributed by atoms with Gasteiger partial charge in [0, 0.05) is 50.9 Å². The van der Waals surface area contributed by atoms with Gasteiger partial charge in [-0.05, 0) is 25.2 Å². The van der Waals surface area contributed by atoms with Crippen LogP contribution in [0.1, 0.15) is 23.5 Å². The highest BCUT2D eigenvalue weighted by atomic mass is 32.1. The van der Waals surface area contributed by atoms with Gasteiger partial charge in [0.25, 0.3) is 0 Å². The molecule has 2 rings (SSSR count). The van der Waals surface area contributed by atoms with E-state index in [4.69, 9.17) is 9.47 Å². The van der Waals surface area contributed by atoms with E-state index < -0.39 is 0 Å². The molecule has 1 aliphatic rings. The Balaban J connectivity index is 1.93. The molecule has 0 aromatic carbocycles. The zero-order valence-electron chi connectivity index (χ0n) is 11.9. The van der Waals surface area contributed by atoms with Crippen LogP contribution in [0.5, 0.6) is 0 Å². The molecule has 19 heavy (non-hydrogen) atoms. The molecule has 0 spiro atoms. The molecule has 1 aromatic heterocycles. The summed E-state index contributed by atoms with van der Waals surface area (Å²) in [6, 6.07) is 0. The van der Waals surface area contributed by atoms with Crippen molar-refractivity contribution in [3.8, 4) is 0 Å². The molecule has 1 aliphatic heterocycles. The maximum Gasteiger partial charge on any atom is 0.0934 e. The highest BCUT2D eigenvalue weighted by Crippen LogP contribution is 2.34. The maximum atomic E-state index is 5.53. The summed E-state index contributed by atoms with van der Waals surface area (Å²) in [5.41, 5.74) is 1.44. The highest BCUT2D eigenvalue weighted by Gasteiger charge is 2.33. The van der Waals surface area contributed by atoms with Crippen molar-refractivity contribution in [3.63, 3.8) is 0 Å². The zero-order valence-corrected chi connectivity index (χ0v) is 12.7. The van der Waals surface area contributed by atoms with Gasteiger partial charge in [-0.2, -0.15) is 0 Å². The van der Waals surface area contributed by atoms with Gasteiger partial charge in [-0.3, -0.25) is 0 Å². The predicted octanol–water partition coefficient (Wildman–Crippen LogP) is 2.03. The van der Waals surface area contributed by atoms with Crippen molar-refractivity contribution >= 4 is 11.3 Å². The number of nitrogens with one attached hydrogen (secondary N) is 1. The number of thiazole rings is 1. The molecule has 2 heterocycles. The molecule has 1 aromatic rings. The zero-order chi connectivity index (χ0) is 13.6. The van der Waals surface area contributed by atoms with Gasteiger partial charge in [-0.15, -0.1) is 11.3 Å². The van der Waals surface area contributed by atoms with E-state index in [9.17, 15) is 0 Å². The van der Waals surface area contributed by atoms with Gasteiger partial charge in [-0.1, -0.05) is 0 Å². The molecule has 1 saturated heterocycles. The molecular formula is C14H24N2O2S. The summed E-state index contributed by atoms with van der Waals surface area (Å²) in [5.74, 6) is 0. The fraction of sp³-hybridized carbons (Fsp3) is 0.786. The molecule has 0 unspecified atom stereocenters. The molecule has 5 heteroatoms. The van der Waals surface area contributed by atoms with Crippen LogP contribution in [-0.2, 0) is 15.9 Å². The number of hydrogen-bond donors (Lipinski definition) is 1. The number of rotatable bonds is 7. The monoisotopic (exact) mass is 284 g/mol. The van der Waals surface area contributed by atoms with Crippen molar-refractivity contribution in [1.82, 2.24) is 10.3 Å². The summed E-state index contributed by atoms with van der Waals surface area (Å²) < 4.78 is 10.6. The van der Waals surface area contributed by atoms with Crippen LogP contribution >= 0.6 is 11.3 Å². The first-order valence-electron chi connectivity index (χ1n) is 6.92. The average Bonchev–Trinajstić information content (AvgIpc) is 2.81.